The fourth-order valence-corrected chi connectivity index (χ4v) is 4.49. The summed E-state index contributed by atoms with van der Waals surface area (Å²) < 4.78 is 8.43. The Morgan fingerprint density at radius 3 is 2.58 bits per heavy atom. The van der Waals surface area contributed by atoms with Gasteiger partial charge in [0, 0.05) is 19.5 Å². The Bertz CT molecular complexity index is 1260. The van der Waals surface area contributed by atoms with Crippen molar-refractivity contribution in [2.24, 2.45) is 0 Å². The first-order chi connectivity index (χ1) is 17.6. The minimum Gasteiger partial charge on any atom is -0.493 e. The minimum atomic E-state index is 0.0890. The van der Waals surface area contributed by atoms with Crippen molar-refractivity contribution in [3.05, 3.63) is 95.3 Å². The molecule has 1 N–H and O–H groups in total. The number of ether oxygens (including phenoxy) is 1. The van der Waals surface area contributed by atoms with E-state index in [0.29, 0.717) is 13.0 Å². The molecule has 36 heavy (non-hydrogen) atoms. The van der Waals surface area contributed by atoms with E-state index in [1.165, 1.54) is 16.6 Å². The molecule has 0 bridgehead atoms. The number of carbonyl (C=O) groups excluding carboxylic acids is 1. The van der Waals surface area contributed by atoms with Gasteiger partial charge in [0.25, 0.3) is 0 Å². The van der Waals surface area contributed by atoms with Crippen LogP contribution in [-0.2, 0) is 24.2 Å². The molecule has 4 aromatic rings. The quantitative estimate of drug-likeness (QED) is 0.231. The molecule has 0 atom stereocenters. The lowest BCUT2D eigenvalue weighted by atomic mass is 10.1. The molecule has 0 fully saturated rings. The van der Waals surface area contributed by atoms with Crippen molar-refractivity contribution < 1.29 is 9.53 Å². The van der Waals surface area contributed by atoms with Crippen molar-refractivity contribution in [1.82, 2.24) is 14.9 Å². The highest BCUT2D eigenvalue weighted by atomic mass is 16.5. The molecule has 0 aliphatic carbocycles. The molecule has 1 aromatic heterocycles. The summed E-state index contributed by atoms with van der Waals surface area (Å²) in [5.41, 5.74) is 5.68. The van der Waals surface area contributed by atoms with Crippen LogP contribution in [0.1, 0.15) is 48.2 Å². The number of para-hydroxylation sites is 2. The van der Waals surface area contributed by atoms with Gasteiger partial charge in [0.05, 0.1) is 24.1 Å². The Hall–Kier alpha value is -3.60. The summed E-state index contributed by atoms with van der Waals surface area (Å²) in [7, 11) is 0. The number of nitrogens with zero attached hydrogens (tertiary/aromatic N) is 2. The highest BCUT2D eigenvalue weighted by Crippen LogP contribution is 2.21. The van der Waals surface area contributed by atoms with Gasteiger partial charge < -0.3 is 14.6 Å². The highest BCUT2D eigenvalue weighted by Gasteiger charge is 2.10. The molecule has 188 valence electrons. The van der Waals surface area contributed by atoms with E-state index in [1.54, 1.807) is 0 Å². The first-order valence-corrected chi connectivity index (χ1v) is 13.0. The lowest BCUT2D eigenvalue weighted by Gasteiger charge is -2.12. The molecular formula is C31H37N3O2. The summed E-state index contributed by atoms with van der Waals surface area (Å²) >= 11 is 0. The molecule has 5 heteroatoms. The van der Waals surface area contributed by atoms with E-state index in [2.05, 4.69) is 60.1 Å². The lowest BCUT2D eigenvalue weighted by Crippen LogP contribution is -2.26. The number of aryl methyl sites for hydroxylation is 4. The number of nitrogens with one attached hydrogen (secondary N) is 1. The highest BCUT2D eigenvalue weighted by molar-refractivity contribution is 5.78. The maximum absolute atomic E-state index is 12.1. The van der Waals surface area contributed by atoms with Gasteiger partial charge in [-0.15, -0.1) is 0 Å². The largest absolute Gasteiger partial charge is 0.493 e. The predicted octanol–water partition coefficient (Wildman–Crippen LogP) is 6.19. The van der Waals surface area contributed by atoms with Crippen LogP contribution in [0, 0.1) is 13.8 Å². The maximum atomic E-state index is 12.1. The zero-order chi connectivity index (χ0) is 25.2. The first kappa shape index (κ1) is 25.5. The van der Waals surface area contributed by atoms with Crippen LogP contribution in [-0.4, -0.2) is 28.6 Å². The Morgan fingerprint density at radius 1 is 0.917 bits per heavy atom. The number of carbonyl (C=O) groups is 1. The van der Waals surface area contributed by atoms with Gasteiger partial charge in [0.1, 0.15) is 11.6 Å². The summed E-state index contributed by atoms with van der Waals surface area (Å²) in [6.45, 7) is 6.47. The summed E-state index contributed by atoms with van der Waals surface area (Å²) in [6.07, 6.45) is 5.39. The number of unbranched alkanes of at least 4 members (excludes halogenated alkanes) is 2. The number of benzene rings is 3. The molecule has 0 saturated heterocycles. The molecule has 0 aliphatic heterocycles. The fraction of sp³-hybridized carbons (Fsp3) is 0.355. The van der Waals surface area contributed by atoms with Crippen LogP contribution in [0.5, 0.6) is 5.75 Å². The van der Waals surface area contributed by atoms with Crippen LogP contribution in [0.3, 0.4) is 0 Å². The predicted molar refractivity (Wildman–Crippen MR) is 146 cm³/mol. The Labute approximate surface area is 214 Å². The molecule has 0 aliphatic rings. The van der Waals surface area contributed by atoms with E-state index in [9.17, 15) is 4.79 Å². The van der Waals surface area contributed by atoms with Gasteiger partial charge in [0.15, 0.2) is 0 Å². The van der Waals surface area contributed by atoms with Crippen LogP contribution >= 0.6 is 0 Å². The second-order valence-corrected chi connectivity index (χ2v) is 9.46. The molecule has 1 heterocycles. The van der Waals surface area contributed by atoms with Crippen molar-refractivity contribution in [1.29, 1.82) is 0 Å². The van der Waals surface area contributed by atoms with E-state index in [0.717, 1.165) is 67.8 Å². The molecule has 0 saturated carbocycles. The topological polar surface area (TPSA) is 56.1 Å². The summed E-state index contributed by atoms with van der Waals surface area (Å²) in [5, 5.41) is 3.04. The average molecular weight is 484 g/mol. The van der Waals surface area contributed by atoms with E-state index >= 15 is 0 Å². The van der Waals surface area contributed by atoms with Gasteiger partial charge in [-0.25, -0.2) is 4.98 Å². The first-order valence-electron chi connectivity index (χ1n) is 13.0. The number of aromatic nitrogens is 2. The zero-order valence-electron chi connectivity index (χ0n) is 21.5. The number of rotatable bonds is 13. The zero-order valence-corrected chi connectivity index (χ0v) is 21.5. The van der Waals surface area contributed by atoms with Crippen LogP contribution in [0.2, 0.25) is 0 Å². The van der Waals surface area contributed by atoms with Gasteiger partial charge in [0.2, 0.25) is 5.91 Å². The summed E-state index contributed by atoms with van der Waals surface area (Å²) in [4.78, 5) is 17.0. The monoisotopic (exact) mass is 483 g/mol. The Morgan fingerprint density at radius 2 is 1.72 bits per heavy atom. The number of hydrogen-bond acceptors (Lipinski definition) is 3. The molecule has 5 nitrogen and oxygen atoms in total. The summed E-state index contributed by atoms with van der Waals surface area (Å²) in [5.74, 6) is 2.20. The number of fused-ring (bicyclic) bond motifs is 1. The van der Waals surface area contributed by atoms with Crippen LogP contribution < -0.4 is 10.1 Å². The minimum absolute atomic E-state index is 0.0890. The van der Waals surface area contributed by atoms with E-state index in [4.69, 9.17) is 9.72 Å². The number of imidazole rings is 1. The Balaban J connectivity index is 1.23. The molecule has 1 amide bonds. The third-order valence-corrected chi connectivity index (χ3v) is 6.47. The lowest BCUT2D eigenvalue weighted by molar-refractivity contribution is -0.120. The van der Waals surface area contributed by atoms with Crippen molar-refractivity contribution in [2.45, 2.75) is 58.9 Å². The smallest absolute Gasteiger partial charge is 0.224 e. The third kappa shape index (κ3) is 7.20. The third-order valence-electron chi connectivity index (χ3n) is 6.47. The number of amides is 1. The van der Waals surface area contributed by atoms with Gasteiger partial charge in [-0.2, -0.15) is 0 Å². The molecule has 3 aromatic carbocycles. The fourth-order valence-electron chi connectivity index (χ4n) is 4.49. The second kappa shape index (κ2) is 12.9. The van der Waals surface area contributed by atoms with Crippen LogP contribution in [0.15, 0.2) is 72.8 Å². The summed E-state index contributed by atoms with van der Waals surface area (Å²) in [6, 6.07) is 24.6. The van der Waals surface area contributed by atoms with Crippen LogP contribution in [0.4, 0.5) is 0 Å². The SMILES string of the molecule is Cc1ccc(C)c(OCCCn2c(CCCCCNC(=O)Cc3ccccc3)nc3ccccc32)c1. The van der Waals surface area contributed by atoms with Crippen molar-refractivity contribution in [3.63, 3.8) is 0 Å². The molecular weight excluding hydrogens is 446 g/mol. The van der Waals surface area contributed by atoms with Gasteiger partial charge in [-0.1, -0.05) is 61.0 Å². The van der Waals surface area contributed by atoms with Gasteiger partial charge in [-0.05, 0) is 68.0 Å². The average Bonchev–Trinajstić information content (AvgIpc) is 3.23. The Kier molecular flexibility index (Phi) is 9.15. The van der Waals surface area contributed by atoms with Gasteiger partial charge in [-0.3, -0.25) is 4.79 Å². The van der Waals surface area contributed by atoms with E-state index < -0.39 is 0 Å². The van der Waals surface area contributed by atoms with E-state index in [-0.39, 0.29) is 5.91 Å². The normalized spacial score (nSPS) is 11.1. The van der Waals surface area contributed by atoms with E-state index in [1.807, 2.05) is 36.4 Å². The van der Waals surface area contributed by atoms with Gasteiger partial charge >= 0.3 is 0 Å². The van der Waals surface area contributed by atoms with Crippen LogP contribution in [0.25, 0.3) is 11.0 Å². The molecule has 4 rings (SSSR count). The van der Waals surface area contributed by atoms with Crippen molar-refractivity contribution in [2.75, 3.05) is 13.2 Å². The second-order valence-electron chi connectivity index (χ2n) is 9.46. The maximum Gasteiger partial charge on any atom is 0.224 e. The standard InChI is InChI=1S/C31H37N3O2/c1-24-17-18-25(2)29(22-24)36-21-11-20-34-28-15-9-8-14-27(28)33-30(34)16-7-4-10-19-32-31(35)23-26-12-5-3-6-13-26/h3,5-6,8-9,12-15,17-18,22H,4,7,10-11,16,19-21,23H2,1-2H3,(H,32,35). The molecule has 0 unspecified atom stereocenters. The van der Waals surface area contributed by atoms with Crippen molar-refractivity contribution >= 4 is 16.9 Å². The molecule has 0 spiro atoms. The molecule has 0 radical (unpaired) electrons. The number of hydrogen-bond donors (Lipinski definition) is 1. The van der Waals surface area contributed by atoms with Crippen molar-refractivity contribution in [3.8, 4) is 5.75 Å².